The van der Waals surface area contributed by atoms with E-state index in [1.165, 1.54) is 22.8 Å². The SMILES string of the molecule is CO/C(C[C@@]1(C)C=C[C@H](C)N2C[C@H]1n1cc(C(=O)NCc3ccc(F)c(Cl)c3F)c(=O)c(O)c1C2=O)=N/O. The molecule has 2 aliphatic rings. The van der Waals surface area contributed by atoms with Crippen LogP contribution in [0.2, 0.25) is 5.02 Å². The third-order valence-corrected chi connectivity index (χ3v) is 7.41. The number of ether oxygens (including phenoxy) is 1. The van der Waals surface area contributed by atoms with E-state index in [0.29, 0.717) is 0 Å². The third kappa shape index (κ3) is 4.49. The molecule has 2 bridgehead atoms. The molecule has 38 heavy (non-hydrogen) atoms. The standard InChI is InChI=1S/C25H25ClF2N4O6/c1-12-6-7-25(2,8-17(30-37)38-3)16-11-31(12)24(36)20-22(34)21(33)14(10-32(16)20)23(35)29-9-13-4-5-15(27)18(26)19(13)28/h4-7,10,12,16,34,37H,8-9,11H2,1-3H3,(H,29,35)/b30-17+/t12-,16+,25+/m0/s1. The molecule has 4 rings (SSSR count). The normalized spacial score (nSPS) is 22.6. The van der Waals surface area contributed by atoms with Gasteiger partial charge < -0.3 is 29.8 Å². The van der Waals surface area contributed by atoms with Crippen molar-refractivity contribution < 1.29 is 33.4 Å². The molecule has 0 fully saturated rings. The largest absolute Gasteiger partial charge is 0.503 e. The molecular formula is C25H25ClF2N4O6. The summed E-state index contributed by atoms with van der Waals surface area (Å²) < 4.78 is 34.2. The maximum absolute atomic E-state index is 14.3. The number of fused-ring (bicyclic) bond motifs is 4. The third-order valence-electron chi connectivity index (χ3n) is 7.07. The fourth-order valence-corrected chi connectivity index (χ4v) is 4.99. The van der Waals surface area contributed by atoms with Crippen LogP contribution in [0.4, 0.5) is 8.78 Å². The van der Waals surface area contributed by atoms with Crippen LogP contribution in [0.1, 0.15) is 52.7 Å². The van der Waals surface area contributed by atoms with E-state index in [1.807, 2.05) is 13.0 Å². The van der Waals surface area contributed by atoms with Gasteiger partial charge in [-0.1, -0.05) is 41.9 Å². The first-order chi connectivity index (χ1) is 17.9. The molecule has 2 aromatic rings. The second-order valence-electron chi connectivity index (χ2n) is 9.45. The van der Waals surface area contributed by atoms with Crippen LogP contribution in [-0.2, 0) is 11.3 Å². The van der Waals surface area contributed by atoms with E-state index in [1.54, 1.807) is 13.0 Å². The topological polar surface area (TPSA) is 133 Å². The number of carbonyl (C=O) groups excluding carboxylic acids is 2. The van der Waals surface area contributed by atoms with Crippen LogP contribution >= 0.6 is 11.6 Å². The summed E-state index contributed by atoms with van der Waals surface area (Å²) in [6.45, 7) is 3.33. The Bertz CT molecular complexity index is 1440. The Balaban J connectivity index is 1.77. The van der Waals surface area contributed by atoms with E-state index in [9.17, 15) is 33.5 Å². The fourth-order valence-electron chi connectivity index (χ4n) is 4.81. The highest BCUT2D eigenvalue weighted by Gasteiger charge is 2.46. The second-order valence-corrected chi connectivity index (χ2v) is 9.82. The predicted octanol–water partition coefficient (Wildman–Crippen LogP) is 3.20. The molecule has 1 aromatic carbocycles. The number of carbonyl (C=O) groups is 2. The number of amides is 2. The van der Waals surface area contributed by atoms with Crippen LogP contribution in [-0.4, -0.2) is 57.2 Å². The summed E-state index contributed by atoms with van der Waals surface area (Å²) in [4.78, 5) is 40.8. The van der Waals surface area contributed by atoms with Gasteiger partial charge in [-0.05, 0) is 13.0 Å². The van der Waals surface area contributed by atoms with Crippen molar-refractivity contribution >= 4 is 29.3 Å². The zero-order valence-electron chi connectivity index (χ0n) is 20.7. The number of methoxy groups -OCH3 is 1. The summed E-state index contributed by atoms with van der Waals surface area (Å²) in [6.07, 6.45) is 4.89. The van der Waals surface area contributed by atoms with Gasteiger partial charge in [-0.2, -0.15) is 0 Å². The number of aromatic nitrogens is 1. The zero-order chi connectivity index (χ0) is 27.9. The molecule has 3 heterocycles. The summed E-state index contributed by atoms with van der Waals surface area (Å²) in [5.74, 6) is -4.47. The van der Waals surface area contributed by atoms with E-state index in [4.69, 9.17) is 16.3 Å². The molecule has 2 amide bonds. The summed E-state index contributed by atoms with van der Waals surface area (Å²) in [6, 6.07) is 1.04. The highest BCUT2D eigenvalue weighted by molar-refractivity contribution is 6.30. The summed E-state index contributed by atoms with van der Waals surface area (Å²) in [5, 5.41) is 25.0. The lowest BCUT2D eigenvalue weighted by Crippen LogP contribution is -2.50. The zero-order valence-corrected chi connectivity index (χ0v) is 21.4. The van der Waals surface area contributed by atoms with Crippen LogP contribution < -0.4 is 10.7 Å². The van der Waals surface area contributed by atoms with Crippen molar-refractivity contribution in [3.05, 3.63) is 74.2 Å². The number of allylic oxidation sites excluding steroid dienone is 1. The van der Waals surface area contributed by atoms with Gasteiger partial charge in [0.15, 0.2) is 11.4 Å². The number of hydrogen-bond acceptors (Lipinski definition) is 7. The Morgan fingerprint density at radius 2 is 2.05 bits per heavy atom. The average molecular weight is 551 g/mol. The van der Waals surface area contributed by atoms with Crippen molar-refractivity contribution in [2.75, 3.05) is 13.7 Å². The van der Waals surface area contributed by atoms with Crippen LogP contribution in [0.15, 0.2) is 40.4 Å². The van der Waals surface area contributed by atoms with E-state index in [-0.39, 0.29) is 36.2 Å². The Morgan fingerprint density at radius 3 is 2.71 bits per heavy atom. The van der Waals surface area contributed by atoms with Gasteiger partial charge in [0.1, 0.15) is 22.2 Å². The molecule has 202 valence electrons. The minimum absolute atomic E-state index is 0.0138. The van der Waals surface area contributed by atoms with Crippen LogP contribution in [0.5, 0.6) is 5.75 Å². The van der Waals surface area contributed by atoms with Gasteiger partial charge in [0.25, 0.3) is 11.8 Å². The summed E-state index contributed by atoms with van der Waals surface area (Å²) >= 11 is 5.59. The highest BCUT2D eigenvalue weighted by Crippen LogP contribution is 2.44. The lowest BCUT2D eigenvalue weighted by molar-refractivity contribution is 0.0562. The van der Waals surface area contributed by atoms with Gasteiger partial charge in [0.2, 0.25) is 11.3 Å². The summed E-state index contributed by atoms with van der Waals surface area (Å²) in [5.41, 5.74) is -2.84. The van der Waals surface area contributed by atoms with Gasteiger partial charge in [0.05, 0.1) is 13.2 Å². The van der Waals surface area contributed by atoms with Gasteiger partial charge in [0, 0.05) is 42.7 Å². The Morgan fingerprint density at radius 1 is 1.34 bits per heavy atom. The number of rotatable bonds is 5. The molecule has 2 aliphatic heterocycles. The van der Waals surface area contributed by atoms with Crippen molar-refractivity contribution in [1.82, 2.24) is 14.8 Å². The van der Waals surface area contributed by atoms with E-state index >= 15 is 0 Å². The van der Waals surface area contributed by atoms with Gasteiger partial charge >= 0.3 is 0 Å². The molecule has 10 nitrogen and oxygen atoms in total. The van der Waals surface area contributed by atoms with Crippen molar-refractivity contribution in [3.8, 4) is 5.75 Å². The maximum atomic E-state index is 14.3. The van der Waals surface area contributed by atoms with Crippen molar-refractivity contribution in [3.63, 3.8) is 0 Å². The van der Waals surface area contributed by atoms with Gasteiger partial charge in [-0.25, -0.2) is 8.78 Å². The van der Waals surface area contributed by atoms with Crippen molar-refractivity contribution in [1.29, 1.82) is 0 Å². The second kappa shape index (κ2) is 10.1. The molecule has 0 spiro atoms. The molecule has 1 aromatic heterocycles. The van der Waals surface area contributed by atoms with Crippen LogP contribution in [0.25, 0.3) is 0 Å². The molecule has 0 saturated heterocycles. The van der Waals surface area contributed by atoms with Gasteiger partial charge in [-0.15, -0.1) is 0 Å². The van der Waals surface area contributed by atoms with Gasteiger partial charge in [-0.3, -0.25) is 14.4 Å². The quantitative estimate of drug-likeness (QED) is 0.131. The Kier molecular flexibility index (Phi) is 7.20. The lowest BCUT2D eigenvalue weighted by Gasteiger charge is -2.43. The number of oxime groups is 1. The van der Waals surface area contributed by atoms with E-state index < -0.39 is 63.2 Å². The first-order valence-electron chi connectivity index (χ1n) is 11.6. The number of halogens is 3. The number of nitrogens with zero attached hydrogens (tertiary/aromatic N) is 3. The molecule has 0 unspecified atom stereocenters. The lowest BCUT2D eigenvalue weighted by atomic mass is 9.77. The van der Waals surface area contributed by atoms with Crippen molar-refractivity contribution in [2.24, 2.45) is 10.6 Å². The number of hydrogen-bond donors (Lipinski definition) is 3. The molecule has 0 radical (unpaired) electrons. The average Bonchev–Trinajstić information content (AvgIpc) is 3.01. The Labute approximate surface area is 220 Å². The summed E-state index contributed by atoms with van der Waals surface area (Å²) in [7, 11) is 1.34. The highest BCUT2D eigenvalue weighted by atomic mass is 35.5. The molecule has 3 atom stereocenters. The van der Waals surface area contributed by atoms with Crippen LogP contribution in [0, 0.1) is 17.0 Å². The fraction of sp³-hybridized carbons (Fsp3) is 0.360. The molecule has 3 N–H and O–H groups in total. The minimum atomic E-state index is -1.09. The minimum Gasteiger partial charge on any atom is -0.503 e. The predicted molar refractivity (Wildman–Crippen MR) is 133 cm³/mol. The Hall–Kier alpha value is -3.93. The maximum Gasteiger partial charge on any atom is 0.275 e. The monoisotopic (exact) mass is 550 g/mol. The van der Waals surface area contributed by atoms with E-state index in [0.717, 1.165) is 12.1 Å². The first-order valence-corrected chi connectivity index (χ1v) is 11.9. The van der Waals surface area contributed by atoms with E-state index in [2.05, 4.69) is 10.5 Å². The molecule has 0 aliphatic carbocycles. The first kappa shape index (κ1) is 27.1. The van der Waals surface area contributed by atoms with Crippen molar-refractivity contribution in [2.45, 2.75) is 38.9 Å². The molecular weight excluding hydrogens is 526 g/mol. The number of nitrogens with one attached hydrogen (secondary N) is 1. The molecule has 0 saturated carbocycles. The number of pyridine rings is 1. The number of benzene rings is 1. The smallest absolute Gasteiger partial charge is 0.275 e. The number of aromatic hydroxyl groups is 1. The van der Waals surface area contributed by atoms with Crippen LogP contribution in [0.3, 0.4) is 0 Å². The molecule has 13 heteroatoms.